The SMILES string of the molecule is CC1CN(C2CCCC(C)(C)C2)C(=O)NC1=O. The Hall–Kier alpha value is -1.06. The van der Waals surface area contributed by atoms with Gasteiger partial charge in [0.2, 0.25) is 5.91 Å². The molecule has 2 rings (SSSR count). The van der Waals surface area contributed by atoms with Gasteiger partial charge in [0, 0.05) is 12.6 Å². The summed E-state index contributed by atoms with van der Waals surface area (Å²) in [4.78, 5) is 25.1. The molecule has 2 aliphatic rings. The van der Waals surface area contributed by atoms with Crippen molar-refractivity contribution >= 4 is 11.9 Å². The van der Waals surface area contributed by atoms with Crippen LogP contribution < -0.4 is 5.32 Å². The lowest BCUT2D eigenvalue weighted by Gasteiger charge is -2.43. The first-order chi connectivity index (χ1) is 7.89. The van der Waals surface area contributed by atoms with E-state index < -0.39 is 0 Å². The van der Waals surface area contributed by atoms with Crippen molar-refractivity contribution < 1.29 is 9.59 Å². The molecule has 2 unspecified atom stereocenters. The molecule has 17 heavy (non-hydrogen) atoms. The van der Waals surface area contributed by atoms with Crippen molar-refractivity contribution in [1.82, 2.24) is 10.2 Å². The number of urea groups is 1. The molecule has 0 spiro atoms. The number of imide groups is 1. The lowest BCUT2D eigenvalue weighted by molar-refractivity contribution is -0.125. The Morgan fingerprint density at radius 2 is 2.06 bits per heavy atom. The lowest BCUT2D eigenvalue weighted by atomic mass is 9.74. The van der Waals surface area contributed by atoms with Crippen molar-refractivity contribution in [2.24, 2.45) is 11.3 Å². The minimum Gasteiger partial charge on any atom is -0.321 e. The lowest BCUT2D eigenvalue weighted by Crippen LogP contribution is -2.58. The van der Waals surface area contributed by atoms with Gasteiger partial charge in [0.1, 0.15) is 0 Å². The van der Waals surface area contributed by atoms with Crippen molar-refractivity contribution in [2.45, 2.75) is 52.5 Å². The summed E-state index contributed by atoms with van der Waals surface area (Å²) in [6.07, 6.45) is 4.51. The third kappa shape index (κ3) is 2.61. The van der Waals surface area contributed by atoms with Gasteiger partial charge in [-0.05, 0) is 24.7 Å². The average Bonchev–Trinajstić information content (AvgIpc) is 2.22. The third-order valence-corrected chi connectivity index (χ3v) is 4.03. The fourth-order valence-electron chi connectivity index (χ4n) is 3.00. The van der Waals surface area contributed by atoms with E-state index in [-0.39, 0.29) is 17.9 Å². The third-order valence-electron chi connectivity index (χ3n) is 4.03. The molecule has 0 radical (unpaired) electrons. The van der Waals surface area contributed by atoms with Crippen LogP contribution in [0.3, 0.4) is 0 Å². The maximum atomic E-state index is 11.9. The van der Waals surface area contributed by atoms with Crippen LogP contribution in [-0.4, -0.2) is 29.4 Å². The van der Waals surface area contributed by atoms with Crippen LogP contribution in [-0.2, 0) is 4.79 Å². The zero-order valence-electron chi connectivity index (χ0n) is 11.0. The van der Waals surface area contributed by atoms with Crippen LogP contribution in [0.2, 0.25) is 0 Å². The number of rotatable bonds is 1. The molecule has 2 atom stereocenters. The van der Waals surface area contributed by atoms with Crippen molar-refractivity contribution in [3.8, 4) is 0 Å². The summed E-state index contributed by atoms with van der Waals surface area (Å²) in [7, 11) is 0. The number of carbonyl (C=O) groups excluding carboxylic acids is 2. The second-order valence-electron chi connectivity index (χ2n) is 6.26. The molecule has 4 heteroatoms. The number of nitrogens with one attached hydrogen (secondary N) is 1. The van der Waals surface area contributed by atoms with Crippen molar-refractivity contribution in [2.75, 3.05) is 6.54 Å². The van der Waals surface area contributed by atoms with Gasteiger partial charge in [-0.25, -0.2) is 4.79 Å². The summed E-state index contributed by atoms with van der Waals surface area (Å²) in [5, 5.41) is 2.45. The Bertz CT molecular complexity index is 338. The highest BCUT2D eigenvalue weighted by Crippen LogP contribution is 2.37. The molecule has 0 aromatic heterocycles. The molecule has 1 heterocycles. The van der Waals surface area contributed by atoms with Crippen molar-refractivity contribution in [1.29, 1.82) is 0 Å². The predicted molar refractivity (Wildman–Crippen MR) is 65.4 cm³/mol. The molecule has 3 amide bonds. The van der Waals surface area contributed by atoms with Gasteiger partial charge in [0.25, 0.3) is 0 Å². The molecule has 1 saturated heterocycles. The maximum absolute atomic E-state index is 11.9. The quantitative estimate of drug-likeness (QED) is 0.761. The van der Waals surface area contributed by atoms with Gasteiger partial charge in [-0.2, -0.15) is 0 Å². The van der Waals surface area contributed by atoms with E-state index in [1.807, 2.05) is 11.8 Å². The molecular weight excluding hydrogens is 216 g/mol. The van der Waals surface area contributed by atoms with Crippen LogP contribution in [0.5, 0.6) is 0 Å². The van der Waals surface area contributed by atoms with E-state index in [1.54, 1.807) is 0 Å². The number of nitrogens with zero attached hydrogens (tertiary/aromatic N) is 1. The van der Waals surface area contributed by atoms with E-state index in [0.29, 0.717) is 18.0 Å². The second-order valence-corrected chi connectivity index (χ2v) is 6.26. The van der Waals surface area contributed by atoms with Crippen LogP contribution in [0.15, 0.2) is 0 Å². The molecule has 0 aromatic rings. The highest BCUT2D eigenvalue weighted by Gasteiger charge is 2.37. The van der Waals surface area contributed by atoms with Gasteiger partial charge in [-0.1, -0.05) is 27.2 Å². The van der Waals surface area contributed by atoms with E-state index in [1.165, 1.54) is 12.8 Å². The zero-order chi connectivity index (χ0) is 12.6. The van der Waals surface area contributed by atoms with Crippen LogP contribution in [0.25, 0.3) is 0 Å². The minimum atomic E-state index is -0.198. The minimum absolute atomic E-state index is 0.0854. The summed E-state index contributed by atoms with van der Waals surface area (Å²) in [6, 6.07) is 0.102. The number of hydrogen-bond acceptors (Lipinski definition) is 2. The highest BCUT2D eigenvalue weighted by molar-refractivity contribution is 5.97. The van der Waals surface area contributed by atoms with Crippen molar-refractivity contribution in [3.63, 3.8) is 0 Å². The standard InChI is InChI=1S/C13H22N2O2/c1-9-8-15(12(17)14-11(9)16)10-5-4-6-13(2,3)7-10/h9-10H,4-8H2,1-3H3,(H,14,16,17). The van der Waals surface area contributed by atoms with Crippen LogP contribution in [0.4, 0.5) is 4.79 Å². The Labute approximate surface area is 103 Å². The molecule has 1 aliphatic heterocycles. The van der Waals surface area contributed by atoms with Gasteiger partial charge in [-0.3, -0.25) is 10.1 Å². The van der Waals surface area contributed by atoms with Gasteiger partial charge >= 0.3 is 6.03 Å². The fourth-order valence-corrected chi connectivity index (χ4v) is 3.00. The molecule has 1 aliphatic carbocycles. The zero-order valence-corrected chi connectivity index (χ0v) is 11.0. The molecule has 0 aromatic carbocycles. The van der Waals surface area contributed by atoms with Gasteiger partial charge in [0.15, 0.2) is 0 Å². The molecule has 1 N–H and O–H groups in total. The van der Waals surface area contributed by atoms with Crippen LogP contribution >= 0.6 is 0 Å². The van der Waals surface area contributed by atoms with E-state index in [0.717, 1.165) is 12.8 Å². The Morgan fingerprint density at radius 3 is 2.71 bits per heavy atom. The number of carbonyl (C=O) groups is 2. The molecule has 0 bridgehead atoms. The first-order valence-electron chi connectivity index (χ1n) is 6.50. The summed E-state index contributed by atoms with van der Waals surface area (Å²) in [5.41, 5.74) is 0.313. The monoisotopic (exact) mass is 238 g/mol. The number of amides is 3. The highest BCUT2D eigenvalue weighted by atomic mass is 16.2. The molecule has 96 valence electrons. The van der Waals surface area contributed by atoms with E-state index in [4.69, 9.17) is 0 Å². The summed E-state index contributed by atoms with van der Waals surface area (Å²) >= 11 is 0. The molecule has 4 nitrogen and oxygen atoms in total. The summed E-state index contributed by atoms with van der Waals surface area (Å²) in [5.74, 6) is -0.223. The normalized spacial score (nSPS) is 33.5. The van der Waals surface area contributed by atoms with Gasteiger partial charge < -0.3 is 4.90 Å². The van der Waals surface area contributed by atoms with Gasteiger partial charge in [0.05, 0.1) is 5.92 Å². The van der Waals surface area contributed by atoms with Crippen molar-refractivity contribution in [3.05, 3.63) is 0 Å². The van der Waals surface area contributed by atoms with E-state index in [9.17, 15) is 9.59 Å². The second kappa shape index (κ2) is 4.31. The van der Waals surface area contributed by atoms with Crippen LogP contribution in [0.1, 0.15) is 46.5 Å². The summed E-state index contributed by atoms with van der Waals surface area (Å²) < 4.78 is 0. The predicted octanol–water partition coefficient (Wildman–Crippen LogP) is 2.14. The summed E-state index contributed by atoms with van der Waals surface area (Å²) in [6.45, 7) is 6.97. The maximum Gasteiger partial charge on any atom is 0.324 e. The topological polar surface area (TPSA) is 49.4 Å². The Morgan fingerprint density at radius 1 is 1.35 bits per heavy atom. The first kappa shape index (κ1) is 12.4. The van der Waals surface area contributed by atoms with E-state index >= 15 is 0 Å². The van der Waals surface area contributed by atoms with Gasteiger partial charge in [-0.15, -0.1) is 0 Å². The smallest absolute Gasteiger partial charge is 0.321 e. The van der Waals surface area contributed by atoms with E-state index in [2.05, 4.69) is 19.2 Å². The fraction of sp³-hybridized carbons (Fsp3) is 0.846. The first-order valence-corrected chi connectivity index (χ1v) is 6.50. The Balaban J connectivity index is 2.06. The molecule has 1 saturated carbocycles. The molecule has 2 fully saturated rings. The largest absolute Gasteiger partial charge is 0.324 e. The van der Waals surface area contributed by atoms with Crippen LogP contribution in [0, 0.1) is 11.3 Å². The molecular formula is C13H22N2O2. The number of hydrogen-bond donors (Lipinski definition) is 1. The Kier molecular flexibility index (Phi) is 3.15. The average molecular weight is 238 g/mol.